The van der Waals surface area contributed by atoms with Crippen LogP contribution in [0, 0.1) is 6.92 Å². The topological polar surface area (TPSA) is 12.9 Å². The Morgan fingerprint density at radius 1 is 1.19 bits per heavy atom. The van der Waals surface area contributed by atoms with Crippen LogP contribution in [0.5, 0.6) is 0 Å². The molecular formula is C14H13ClN. The SMILES string of the molecule is [CH2]C(Cc1cccnc1)c1ccc(Cl)cc1. The van der Waals surface area contributed by atoms with Crippen LogP contribution >= 0.6 is 11.6 Å². The van der Waals surface area contributed by atoms with Gasteiger partial charge in [-0.25, -0.2) is 0 Å². The fraction of sp³-hybridized carbons (Fsp3) is 0.143. The van der Waals surface area contributed by atoms with Gasteiger partial charge >= 0.3 is 0 Å². The van der Waals surface area contributed by atoms with Gasteiger partial charge in [-0.15, -0.1) is 0 Å². The molecule has 0 N–H and O–H groups in total. The van der Waals surface area contributed by atoms with E-state index in [0.29, 0.717) is 0 Å². The van der Waals surface area contributed by atoms with Gasteiger partial charge in [0.1, 0.15) is 0 Å². The molecule has 1 radical (unpaired) electrons. The van der Waals surface area contributed by atoms with Crippen molar-refractivity contribution in [2.75, 3.05) is 0 Å². The zero-order valence-electron chi connectivity index (χ0n) is 8.94. The van der Waals surface area contributed by atoms with Crippen molar-refractivity contribution >= 4 is 11.6 Å². The maximum Gasteiger partial charge on any atom is 0.0406 e. The summed E-state index contributed by atoms with van der Waals surface area (Å²) < 4.78 is 0. The molecule has 2 rings (SSSR count). The molecule has 1 nitrogen and oxygen atoms in total. The number of pyridine rings is 1. The summed E-state index contributed by atoms with van der Waals surface area (Å²) in [6, 6.07) is 11.9. The van der Waals surface area contributed by atoms with E-state index in [9.17, 15) is 0 Å². The molecule has 0 bridgehead atoms. The molecule has 1 atom stereocenters. The lowest BCUT2D eigenvalue weighted by molar-refractivity contribution is 0.828. The number of aromatic nitrogens is 1. The Labute approximate surface area is 101 Å². The molecule has 0 aliphatic rings. The Kier molecular flexibility index (Phi) is 3.58. The maximum atomic E-state index is 5.85. The molecule has 0 saturated heterocycles. The molecular weight excluding hydrogens is 218 g/mol. The molecule has 1 unspecified atom stereocenters. The largest absolute Gasteiger partial charge is 0.264 e. The monoisotopic (exact) mass is 230 g/mol. The van der Waals surface area contributed by atoms with E-state index < -0.39 is 0 Å². The standard InChI is InChI=1S/C14H13ClN/c1-11(9-12-3-2-8-16-10-12)13-4-6-14(15)7-5-13/h2-8,10-11H,1,9H2. The fourth-order valence-corrected chi connectivity index (χ4v) is 1.78. The third-order valence-corrected chi connectivity index (χ3v) is 2.80. The van der Waals surface area contributed by atoms with Crippen LogP contribution in [0.25, 0.3) is 0 Å². The fourth-order valence-electron chi connectivity index (χ4n) is 1.66. The Morgan fingerprint density at radius 2 is 1.94 bits per heavy atom. The Hall–Kier alpha value is -1.34. The first-order chi connectivity index (χ1) is 7.75. The van der Waals surface area contributed by atoms with Gasteiger partial charge in [-0.3, -0.25) is 4.98 Å². The average Bonchev–Trinajstić information content (AvgIpc) is 2.31. The van der Waals surface area contributed by atoms with Crippen molar-refractivity contribution in [1.82, 2.24) is 4.98 Å². The van der Waals surface area contributed by atoms with Gasteiger partial charge in [0.25, 0.3) is 0 Å². The molecule has 1 aromatic heterocycles. The van der Waals surface area contributed by atoms with Crippen LogP contribution < -0.4 is 0 Å². The summed E-state index contributed by atoms with van der Waals surface area (Å²) in [5, 5.41) is 0.761. The summed E-state index contributed by atoms with van der Waals surface area (Å²) in [7, 11) is 0. The van der Waals surface area contributed by atoms with Crippen LogP contribution in [0.15, 0.2) is 48.8 Å². The number of hydrogen-bond acceptors (Lipinski definition) is 1. The quantitative estimate of drug-likeness (QED) is 0.780. The summed E-state index contributed by atoms with van der Waals surface area (Å²) in [6.45, 7) is 4.16. The highest BCUT2D eigenvalue weighted by molar-refractivity contribution is 6.30. The molecule has 1 aromatic carbocycles. The van der Waals surface area contributed by atoms with Crippen LogP contribution in [0.1, 0.15) is 17.0 Å². The van der Waals surface area contributed by atoms with Gasteiger partial charge in [0.05, 0.1) is 0 Å². The van der Waals surface area contributed by atoms with Crippen LogP contribution in [0.3, 0.4) is 0 Å². The minimum atomic E-state index is 0.237. The lowest BCUT2D eigenvalue weighted by atomic mass is 9.95. The summed E-state index contributed by atoms with van der Waals surface area (Å²) >= 11 is 5.85. The van der Waals surface area contributed by atoms with Crippen molar-refractivity contribution in [3.8, 4) is 0 Å². The first-order valence-electron chi connectivity index (χ1n) is 5.23. The van der Waals surface area contributed by atoms with Gasteiger partial charge in [-0.05, 0) is 48.6 Å². The molecule has 0 aliphatic heterocycles. The van der Waals surface area contributed by atoms with Crippen molar-refractivity contribution in [1.29, 1.82) is 0 Å². The maximum absolute atomic E-state index is 5.85. The van der Waals surface area contributed by atoms with Gasteiger partial charge in [0, 0.05) is 17.4 Å². The summed E-state index contributed by atoms with van der Waals surface area (Å²) in [5.41, 5.74) is 2.41. The highest BCUT2D eigenvalue weighted by Crippen LogP contribution is 2.21. The van der Waals surface area contributed by atoms with Gasteiger partial charge in [0.2, 0.25) is 0 Å². The van der Waals surface area contributed by atoms with Gasteiger partial charge < -0.3 is 0 Å². The second-order valence-electron chi connectivity index (χ2n) is 3.81. The second-order valence-corrected chi connectivity index (χ2v) is 4.25. The predicted octanol–water partition coefficient (Wildman–Crippen LogP) is 3.90. The number of hydrogen-bond donors (Lipinski definition) is 0. The predicted molar refractivity (Wildman–Crippen MR) is 67.5 cm³/mol. The molecule has 81 valence electrons. The highest BCUT2D eigenvalue weighted by atomic mass is 35.5. The van der Waals surface area contributed by atoms with E-state index in [1.807, 2.05) is 36.5 Å². The third kappa shape index (κ3) is 2.83. The van der Waals surface area contributed by atoms with Gasteiger partial charge in [0.15, 0.2) is 0 Å². The van der Waals surface area contributed by atoms with Gasteiger partial charge in [-0.1, -0.05) is 29.8 Å². The molecule has 0 amide bonds. The Morgan fingerprint density at radius 3 is 2.56 bits per heavy atom. The molecule has 16 heavy (non-hydrogen) atoms. The zero-order valence-corrected chi connectivity index (χ0v) is 9.69. The minimum absolute atomic E-state index is 0.237. The van der Waals surface area contributed by atoms with Crippen LogP contribution in [-0.4, -0.2) is 4.98 Å². The average molecular weight is 231 g/mol. The van der Waals surface area contributed by atoms with Crippen molar-refractivity contribution < 1.29 is 0 Å². The lowest BCUT2D eigenvalue weighted by Gasteiger charge is -2.11. The van der Waals surface area contributed by atoms with Crippen molar-refractivity contribution in [2.24, 2.45) is 0 Å². The van der Waals surface area contributed by atoms with E-state index in [0.717, 1.165) is 11.4 Å². The normalized spacial score (nSPS) is 12.4. The van der Waals surface area contributed by atoms with E-state index in [1.165, 1.54) is 11.1 Å². The molecule has 2 heteroatoms. The Bertz CT molecular complexity index is 436. The van der Waals surface area contributed by atoms with Crippen LogP contribution in [-0.2, 0) is 6.42 Å². The lowest BCUT2D eigenvalue weighted by Crippen LogP contribution is -1.98. The van der Waals surface area contributed by atoms with E-state index in [4.69, 9.17) is 11.6 Å². The zero-order chi connectivity index (χ0) is 11.4. The first kappa shape index (κ1) is 11.2. The van der Waals surface area contributed by atoms with Crippen molar-refractivity contribution in [3.05, 3.63) is 71.9 Å². The Balaban J connectivity index is 2.09. The number of nitrogens with zero attached hydrogens (tertiary/aromatic N) is 1. The minimum Gasteiger partial charge on any atom is -0.264 e. The van der Waals surface area contributed by atoms with E-state index in [2.05, 4.69) is 18.0 Å². The van der Waals surface area contributed by atoms with Crippen LogP contribution in [0.4, 0.5) is 0 Å². The molecule has 1 heterocycles. The smallest absolute Gasteiger partial charge is 0.0406 e. The third-order valence-electron chi connectivity index (χ3n) is 2.55. The van der Waals surface area contributed by atoms with Crippen molar-refractivity contribution in [2.45, 2.75) is 12.3 Å². The highest BCUT2D eigenvalue weighted by Gasteiger charge is 2.06. The van der Waals surface area contributed by atoms with Gasteiger partial charge in [-0.2, -0.15) is 0 Å². The molecule has 0 fully saturated rings. The molecule has 0 spiro atoms. The second kappa shape index (κ2) is 5.13. The molecule has 0 saturated carbocycles. The number of benzene rings is 1. The first-order valence-corrected chi connectivity index (χ1v) is 5.61. The number of rotatable bonds is 3. The van der Waals surface area contributed by atoms with E-state index in [-0.39, 0.29) is 5.92 Å². The van der Waals surface area contributed by atoms with E-state index >= 15 is 0 Å². The summed E-state index contributed by atoms with van der Waals surface area (Å²) in [5.74, 6) is 0.237. The summed E-state index contributed by atoms with van der Waals surface area (Å²) in [6.07, 6.45) is 4.56. The molecule has 2 aromatic rings. The van der Waals surface area contributed by atoms with E-state index in [1.54, 1.807) is 6.20 Å². The number of halogens is 1. The van der Waals surface area contributed by atoms with Crippen LogP contribution in [0.2, 0.25) is 5.02 Å². The molecule has 0 aliphatic carbocycles. The summed E-state index contributed by atoms with van der Waals surface area (Å²) in [4.78, 5) is 4.10. The van der Waals surface area contributed by atoms with Crippen molar-refractivity contribution in [3.63, 3.8) is 0 Å².